The first-order chi connectivity index (χ1) is 9.73. The maximum atomic E-state index is 11.9. The number of hydrogen-bond donors (Lipinski definition) is 2. The molecule has 0 aliphatic heterocycles. The minimum Gasteiger partial charge on any atom is -0.394 e. The van der Waals surface area contributed by atoms with Gasteiger partial charge in [-0.05, 0) is 25.7 Å². The molecule has 1 heterocycles. The van der Waals surface area contributed by atoms with Crippen molar-refractivity contribution in [2.45, 2.75) is 52.8 Å². The Bertz CT molecular complexity index is 446. The summed E-state index contributed by atoms with van der Waals surface area (Å²) in [6.07, 6.45) is 0.754. The summed E-state index contributed by atoms with van der Waals surface area (Å²) in [5, 5.41) is 16.1. The number of nitrogens with zero attached hydrogens (tertiary/aromatic N) is 1. The summed E-state index contributed by atoms with van der Waals surface area (Å²) in [6, 6.07) is -0.183. The molecule has 1 aromatic heterocycles. The fourth-order valence-corrected chi connectivity index (χ4v) is 3.11. The molecule has 1 unspecified atom stereocenters. The van der Waals surface area contributed by atoms with E-state index in [1.165, 1.54) is 11.8 Å². The number of aliphatic hydroxyl groups excluding tert-OH is 1. The van der Waals surface area contributed by atoms with E-state index in [1.54, 1.807) is 0 Å². The van der Waals surface area contributed by atoms with Gasteiger partial charge in [-0.25, -0.2) is 0 Å². The van der Waals surface area contributed by atoms with Crippen molar-refractivity contribution >= 4 is 17.7 Å². The third-order valence-electron chi connectivity index (χ3n) is 3.11. The zero-order chi connectivity index (χ0) is 16.0. The number of aromatic nitrogens is 1. The highest BCUT2D eigenvalue weighted by molar-refractivity contribution is 7.99. The van der Waals surface area contributed by atoms with E-state index in [0.717, 1.165) is 23.4 Å². The van der Waals surface area contributed by atoms with E-state index in [-0.39, 0.29) is 24.0 Å². The fourth-order valence-electron chi connectivity index (χ4n) is 2.12. The maximum absolute atomic E-state index is 11.9. The second-order valence-corrected chi connectivity index (χ2v) is 7.49. The summed E-state index contributed by atoms with van der Waals surface area (Å²) >= 11 is 1.52. The summed E-state index contributed by atoms with van der Waals surface area (Å²) in [5.74, 6) is 1.83. The molecular weight excluding hydrogens is 288 g/mol. The Morgan fingerprint density at radius 2 is 2.10 bits per heavy atom. The van der Waals surface area contributed by atoms with Crippen LogP contribution in [0.25, 0.3) is 0 Å². The van der Waals surface area contributed by atoms with Crippen molar-refractivity contribution in [1.29, 1.82) is 0 Å². The van der Waals surface area contributed by atoms with Crippen LogP contribution in [0.3, 0.4) is 0 Å². The molecule has 0 radical (unpaired) electrons. The number of thioether (sulfide) groups is 1. The van der Waals surface area contributed by atoms with Gasteiger partial charge in [0.2, 0.25) is 5.91 Å². The molecule has 1 amide bonds. The van der Waals surface area contributed by atoms with Crippen molar-refractivity contribution in [2.75, 3.05) is 12.4 Å². The van der Waals surface area contributed by atoms with Gasteiger partial charge >= 0.3 is 0 Å². The predicted octanol–water partition coefficient (Wildman–Crippen LogP) is 2.44. The minimum absolute atomic E-state index is 0.0302. The van der Waals surface area contributed by atoms with E-state index >= 15 is 0 Å². The summed E-state index contributed by atoms with van der Waals surface area (Å²) in [4.78, 5) is 11.9. The van der Waals surface area contributed by atoms with Gasteiger partial charge in [0.15, 0.2) is 0 Å². The highest BCUT2D eigenvalue weighted by Gasteiger charge is 2.20. The van der Waals surface area contributed by atoms with Gasteiger partial charge in [-0.15, -0.1) is 11.8 Å². The van der Waals surface area contributed by atoms with Crippen LogP contribution in [0, 0.1) is 19.3 Å². The first kappa shape index (κ1) is 18.0. The van der Waals surface area contributed by atoms with Crippen molar-refractivity contribution in [2.24, 2.45) is 5.41 Å². The lowest BCUT2D eigenvalue weighted by Crippen LogP contribution is -2.40. The molecule has 5 nitrogen and oxygen atoms in total. The van der Waals surface area contributed by atoms with E-state index in [1.807, 2.05) is 13.8 Å². The molecule has 0 aliphatic rings. The first-order valence-electron chi connectivity index (χ1n) is 7.12. The standard InChI is InChI=1S/C15H26N2O3S/c1-10-13(11(2)20-17-10)8-21-9-14(19)16-12(7-18)6-15(3,4)5/h12,18H,6-9H2,1-5H3,(H,16,19). The SMILES string of the molecule is Cc1noc(C)c1CSCC(=O)NC(CO)CC(C)(C)C. The molecule has 0 aliphatic carbocycles. The predicted molar refractivity (Wildman–Crippen MR) is 85.2 cm³/mol. The quantitative estimate of drug-likeness (QED) is 0.808. The van der Waals surface area contributed by atoms with Crippen molar-refractivity contribution in [3.8, 4) is 0 Å². The molecular formula is C15H26N2O3S. The minimum atomic E-state index is -0.183. The summed E-state index contributed by atoms with van der Waals surface area (Å²) in [5.41, 5.74) is 2.01. The van der Waals surface area contributed by atoms with Gasteiger partial charge in [0.1, 0.15) is 5.76 Å². The molecule has 0 saturated heterocycles. The van der Waals surface area contributed by atoms with Crippen LogP contribution >= 0.6 is 11.8 Å². The second-order valence-electron chi connectivity index (χ2n) is 6.51. The van der Waals surface area contributed by atoms with Gasteiger partial charge in [0.05, 0.1) is 24.1 Å². The average molecular weight is 314 g/mol. The van der Waals surface area contributed by atoms with E-state index in [4.69, 9.17) is 4.52 Å². The van der Waals surface area contributed by atoms with Gasteiger partial charge in [-0.3, -0.25) is 4.79 Å². The fraction of sp³-hybridized carbons (Fsp3) is 0.733. The van der Waals surface area contributed by atoms with Crippen LogP contribution in [-0.2, 0) is 10.5 Å². The Labute approximate surface area is 130 Å². The number of carbonyl (C=O) groups is 1. The number of aryl methyl sites for hydroxylation is 2. The smallest absolute Gasteiger partial charge is 0.230 e. The second kappa shape index (κ2) is 7.84. The lowest BCUT2D eigenvalue weighted by Gasteiger charge is -2.25. The van der Waals surface area contributed by atoms with Gasteiger partial charge in [-0.1, -0.05) is 25.9 Å². The molecule has 120 valence electrons. The molecule has 21 heavy (non-hydrogen) atoms. The van der Waals surface area contributed by atoms with Crippen LogP contribution in [0.2, 0.25) is 0 Å². The van der Waals surface area contributed by atoms with Crippen molar-refractivity contribution in [3.05, 3.63) is 17.0 Å². The number of carbonyl (C=O) groups excluding carboxylic acids is 1. The number of hydrogen-bond acceptors (Lipinski definition) is 5. The molecule has 0 aromatic carbocycles. The Kier molecular flexibility index (Phi) is 6.74. The third kappa shape index (κ3) is 6.52. The summed E-state index contributed by atoms with van der Waals surface area (Å²) in [6.45, 7) is 10.0. The molecule has 1 rings (SSSR count). The largest absolute Gasteiger partial charge is 0.394 e. The van der Waals surface area contributed by atoms with Crippen LogP contribution in [0.15, 0.2) is 4.52 Å². The van der Waals surface area contributed by atoms with Crippen LogP contribution in [0.5, 0.6) is 0 Å². The van der Waals surface area contributed by atoms with Crippen molar-refractivity contribution in [1.82, 2.24) is 10.5 Å². The Morgan fingerprint density at radius 1 is 1.43 bits per heavy atom. The third-order valence-corrected chi connectivity index (χ3v) is 4.06. The molecule has 6 heteroatoms. The van der Waals surface area contributed by atoms with E-state index < -0.39 is 0 Å². The molecule has 1 atom stereocenters. The lowest BCUT2D eigenvalue weighted by molar-refractivity contribution is -0.119. The van der Waals surface area contributed by atoms with Gasteiger partial charge in [-0.2, -0.15) is 0 Å². The number of aliphatic hydroxyl groups is 1. The molecule has 0 fully saturated rings. The maximum Gasteiger partial charge on any atom is 0.230 e. The number of nitrogens with one attached hydrogen (secondary N) is 1. The van der Waals surface area contributed by atoms with Crippen molar-refractivity contribution < 1.29 is 14.4 Å². The molecule has 1 aromatic rings. The monoisotopic (exact) mass is 314 g/mol. The zero-order valence-corrected chi connectivity index (χ0v) is 14.3. The van der Waals surface area contributed by atoms with Crippen LogP contribution in [0.1, 0.15) is 44.2 Å². The molecule has 0 bridgehead atoms. The van der Waals surface area contributed by atoms with E-state index in [2.05, 4.69) is 31.2 Å². The normalized spacial score (nSPS) is 13.2. The van der Waals surface area contributed by atoms with Gasteiger partial charge < -0.3 is 14.9 Å². The summed E-state index contributed by atoms with van der Waals surface area (Å²) < 4.78 is 5.09. The zero-order valence-electron chi connectivity index (χ0n) is 13.5. The lowest BCUT2D eigenvalue weighted by atomic mass is 9.88. The number of amides is 1. The Balaban J connectivity index is 2.37. The van der Waals surface area contributed by atoms with Gasteiger partial charge in [0, 0.05) is 11.3 Å². The highest BCUT2D eigenvalue weighted by Crippen LogP contribution is 2.21. The molecule has 0 saturated carbocycles. The van der Waals surface area contributed by atoms with Crippen LogP contribution in [0.4, 0.5) is 0 Å². The topological polar surface area (TPSA) is 75.4 Å². The van der Waals surface area contributed by atoms with Crippen LogP contribution in [-0.4, -0.2) is 34.6 Å². The number of rotatable bonds is 7. The van der Waals surface area contributed by atoms with Gasteiger partial charge in [0.25, 0.3) is 0 Å². The Hall–Kier alpha value is -1.01. The molecule has 0 spiro atoms. The van der Waals surface area contributed by atoms with E-state index in [9.17, 15) is 9.90 Å². The summed E-state index contributed by atoms with van der Waals surface area (Å²) in [7, 11) is 0. The first-order valence-corrected chi connectivity index (χ1v) is 8.28. The molecule has 2 N–H and O–H groups in total. The van der Waals surface area contributed by atoms with Crippen LogP contribution < -0.4 is 5.32 Å². The van der Waals surface area contributed by atoms with Crippen molar-refractivity contribution in [3.63, 3.8) is 0 Å². The average Bonchev–Trinajstić information content (AvgIpc) is 2.68. The highest BCUT2D eigenvalue weighted by atomic mass is 32.2. The Morgan fingerprint density at radius 3 is 2.57 bits per heavy atom. The van der Waals surface area contributed by atoms with E-state index in [0.29, 0.717) is 11.5 Å².